The van der Waals surface area contributed by atoms with Gasteiger partial charge in [-0.2, -0.15) is 0 Å². The highest BCUT2D eigenvalue weighted by Crippen LogP contribution is 2.25. The minimum absolute atomic E-state index is 0.176. The van der Waals surface area contributed by atoms with Crippen LogP contribution in [0.1, 0.15) is 5.56 Å². The summed E-state index contributed by atoms with van der Waals surface area (Å²) in [6.07, 6.45) is 1.41. The summed E-state index contributed by atoms with van der Waals surface area (Å²) in [7, 11) is 0. The van der Waals surface area contributed by atoms with E-state index in [0.717, 1.165) is 38.5 Å². The number of nitrogens with zero attached hydrogens (tertiary/aromatic N) is 3. The first-order chi connectivity index (χ1) is 11.2. The van der Waals surface area contributed by atoms with Gasteiger partial charge in [0.25, 0.3) is 0 Å². The Morgan fingerprint density at radius 3 is 2.65 bits per heavy atom. The van der Waals surface area contributed by atoms with Crippen molar-refractivity contribution in [1.82, 2.24) is 9.88 Å². The average molecular weight is 314 g/mol. The van der Waals surface area contributed by atoms with Crippen molar-refractivity contribution in [2.24, 2.45) is 0 Å². The number of rotatable bonds is 5. The van der Waals surface area contributed by atoms with Gasteiger partial charge in [0.2, 0.25) is 0 Å². The molecule has 1 N–H and O–H groups in total. The molecule has 1 aliphatic heterocycles. The monoisotopic (exact) mass is 314 g/mol. The molecule has 0 saturated carbocycles. The van der Waals surface area contributed by atoms with Crippen molar-refractivity contribution in [3.63, 3.8) is 0 Å². The predicted octanol–water partition coefficient (Wildman–Crippen LogP) is 2.57. The number of aromatic nitrogens is 1. The second-order valence-corrected chi connectivity index (χ2v) is 5.34. The summed E-state index contributed by atoms with van der Waals surface area (Å²) in [5.74, 6) is -0.176. The third-order valence-corrected chi connectivity index (χ3v) is 3.70. The van der Waals surface area contributed by atoms with E-state index in [-0.39, 0.29) is 5.82 Å². The molecule has 1 aromatic carbocycles. The predicted molar refractivity (Wildman–Crippen MR) is 86.7 cm³/mol. The summed E-state index contributed by atoms with van der Waals surface area (Å²) in [6, 6.07) is 11.2. The maximum absolute atomic E-state index is 11.0. The summed E-state index contributed by atoms with van der Waals surface area (Å²) >= 11 is 0. The third-order valence-electron chi connectivity index (χ3n) is 3.70. The van der Waals surface area contributed by atoms with Crippen molar-refractivity contribution in [2.45, 2.75) is 6.54 Å². The molecular formula is C16H18N4O3. The van der Waals surface area contributed by atoms with Gasteiger partial charge in [0.05, 0.1) is 13.2 Å². The smallest absolute Gasteiger partial charge is 0.379 e. The van der Waals surface area contributed by atoms with E-state index in [4.69, 9.17) is 4.74 Å². The summed E-state index contributed by atoms with van der Waals surface area (Å²) in [6.45, 7) is 4.34. The van der Waals surface area contributed by atoms with Crippen LogP contribution in [-0.4, -0.2) is 41.1 Å². The molecule has 2 aromatic rings. The number of anilines is 2. The van der Waals surface area contributed by atoms with Gasteiger partial charge in [-0.3, -0.25) is 4.90 Å². The second kappa shape index (κ2) is 7.17. The molecule has 2 heterocycles. The molecule has 1 saturated heterocycles. The Hall–Kier alpha value is -2.51. The highest BCUT2D eigenvalue weighted by atomic mass is 16.6. The van der Waals surface area contributed by atoms with Crippen molar-refractivity contribution in [2.75, 3.05) is 31.6 Å². The van der Waals surface area contributed by atoms with E-state index in [0.29, 0.717) is 5.69 Å². The minimum Gasteiger partial charge on any atom is -0.379 e. The SMILES string of the molecule is O=[N+]([O-])c1ncccc1Nc1ccc(CN2CCOCC2)cc1. The lowest BCUT2D eigenvalue weighted by Gasteiger charge is -2.26. The molecule has 0 radical (unpaired) electrons. The Labute approximate surface area is 134 Å². The van der Waals surface area contributed by atoms with Crippen LogP contribution in [0.4, 0.5) is 17.2 Å². The fourth-order valence-corrected chi connectivity index (χ4v) is 2.51. The van der Waals surface area contributed by atoms with Gasteiger partial charge in [-0.1, -0.05) is 12.1 Å². The third kappa shape index (κ3) is 4.02. The highest BCUT2D eigenvalue weighted by molar-refractivity contribution is 5.66. The van der Waals surface area contributed by atoms with Crippen molar-refractivity contribution in [1.29, 1.82) is 0 Å². The molecule has 0 aliphatic carbocycles. The molecule has 120 valence electrons. The van der Waals surface area contributed by atoms with E-state index in [1.807, 2.05) is 24.3 Å². The van der Waals surface area contributed by atoms with Crippen LogP contribution < -0.4 is 5.32 Å². The van der Waals surface area contributed by atoms with E-state index in [2.05, 4.69) is 15.2 Å². The lowest BCUT2D eigenvalue weighted by atomic mass is 10.2. The number of hydrogen-bond donors (Lipinski definition) is 1. The fourth-order valence-electron chi connectivity index (χ4n) is 2.51. The van der Waals surface area contributed by atoms with Gasteiger partial charge < -0.3 is 20.2 Å². The Bertz CT molecular complexity index is 669. The van der Waals surface area contributed by atoms with Gasteiger partial charge in [-0.15, -0.1) is 0 Å². The first kappa shape index (κ1) is 15.4. The molecule has 1 aliphatic rings. The Morgan fingerprint density at radius 2 is 1.96 bits per heavy atom. The number of nitro groups is 1. The summed E-state index contributed by atoms with van der Waals surface area (Å²) in [5.41, 5.74) is 2.39. The van der Waals surface area contributed by atoms with Gasteiger partial charge in [-0.05, 0) is 39.7 Å². The van der Waals surface area contributed by atoms with Crippen LogP contribution in [0.5, 0.6) is 0 Å². The van der Waals surface area contributed by atoms with Crippen molar-refractivity contribution in [3.05, 3.63) is 58.3 Å². The Kier molecular flexibility index (Phi) is 4.80. The fraction of sp³-hybridized carbons (Fsp3) is 0.312. The van der Waals surface area contributed by atoms with Crippen LogP contribution in [-0.2, 0) is 11.3 Å². The molecule has 0 atom stereocenters. The largest absolute Gasteiger partial charge is 0.387 e. The minimum atomic E-state index is -0.491. The first-order valence-electron chi connectivity index (χ1n) is 7.48. The summed E-state index contributed by atoms with van der Waals surface area (Å²) < 4.78 is 5.34. The zero-order valence-electron chi connectivity index (χ0n) is 12.6. The van der Waals surface area contributed by atoms with E-state index in [9.17, 15) is 10.1 Å². The molecule has 0 spiro atoms. The van der Waals surface area contributed by atoms with E-state index in [1.165, 1.54) is 11.8 Å². The number of pyridine rings is 1. The van der Waals surface area contributed by atoms with Crippen LogP contribution in [0.25, 0.3) is 0 Å². The van der Waals surface area contributed by atoms with Crippen LogP contribution >= 0.6 is 0 Å². The van der Waals surface area contributed by atoms with Crippen molar-refractivity contribution < 1.29 is 9.66 Å². The number of benzene rings is 1. The normalized spacial score (nSPS) is 15.3. The molecule has 0 unspecified atom stereocenters. The molecule has 0 amide bonds. The quantitative estimate of drug-likeness (QED) is 0.675. The van der Waals surface area contributed by atoms with Crippen LogP contribution in [0.2, 0.25) is 0 Å². The summed E-state index contributed by atoms with van der Waals surface area (Å²) in [5, 5.41) is 14.0. The van der Waals surface area contributed by atoms with Crippen LogP contribution in [0, 0.1) is 10.1 Å². The Balaban J connectivity index is 1.67. The van der Waals surface area contributed by atoms with Gasteiger partial charge in [0, 0.05) is 25.3 Å². The number of ether oxygens (including phenoxy) is 1. The van der Waals surface area contributed by atoms with Gasteiger partial charge in [-0.25, -0.2) is 0 Å². The van der Waals surface area contributed by atoms with Gasteiger partial charge in [0.15, 0.2) is 0 Å². The highest BCUT2D eigenvalue weighted by Gasteiger charge is 2.14. The van der Waals surface area contributed by atoms with E-state index >= 15 is 0 Å². The first-order valence-corrected chi connectivity index (χ1v) is 7.48. The maximum atomic E-state index is 11.0. The van der Waals surface area contributed by atoms with Crippen LogP contribution in [0.15, 0.2) is 42.6 Å². The lowest BCUT2D eigenvalue weighted by molar-refractivity contribution is -0.388. The number of nitrogens with one attached hydrogen (secondary N) is 1. The zero-order valence-corrected chi connectivity index (χ0v) is 12.6. The standard InChI is InChI=1S/C16H18N4O3/c21-20(22)16-15(2-1-7-17-16)18-14-5-3-13(4-6-14)12-19-8-10-23-11-9-19/h1-7,18H,8-12H2. The molecule has 7 nitrogen and oxygen atoms in total. The van der Waals surface area contributed by atoms with Gasteiger partial charge >= 0.3 is 5.82 Å². The lowest BCUT2D eigenvalue weighted by Crippen LogP contribution is -2.35. The van der Waals surface area contributed by atoms with Gasteiger partial charge in [0.1, 0.15) is 11.9 Å². The van der Waals surface area contributed by atoms with E-state index < -0.39 is 4.92 Å². The summed E-state index contributed by atoms with van der Waals surface area (Å²) in [4.78, 5) is 16.6. The molecule has 1 fully saturated rings. The molecular weight excluding hydrogens is 296 g/mol. The second-order valence-electron chi connectivity index (χ2n) is 5.34. The van der Waals surface area contributed by atoms with Crippen LogP contribution in [0.3, 0.4) is 0 Å². The topological polar surface area (TPSA) is 80.5 Å². The molecule has 0 bridgehead atoms. The number of hydrogen-bond acceptors (Lipinski definition) is 6. The number of morpholine rings is 1. The average Bonchev–Trinajstić information content (AvgIpc) is 2.58. The van der Waals surface area contributed by atoms with Crippen molar-refractivity contribution in [3.8, 4) is 0 Å². The molecule has 1 aromatic heterocycles. The molecule has 7 heteroatoms. The maximum Gasteiger partial charge on any atom is 0.387 e. The Morgan fingerprint density at radius 1 is 1.22 bits per heavy atom. The molecule has 3 rings (SSSR count). The van der Waals surface area contributed by atoms with E-state index in [1.54, 1.807) is 12.1 Å². The zero-order chi connectivity index (χ0) is 16.1. The van der Waals surface area contributed by atoms with Crippen molar-refractivity contribution >= 4 is 17.2 Å². The molecule has 23 heavy (non-hydrogen) atoms.